The molecule has 0 bridgehead atoms. The topological polar surface area (TPSA) is 77.2 Å². The first kappa shape index (κ1) is 23.6. The van der Waals surface area contributed by atoms with E-state index in [1.54, 1.807) is 18.2 Å². The summed E-state index contributed by atoms with van der Waals surface area (Å²) in [6, 6.07) is 24.3. The number of carbonyl (C=O) groups excluding carboxylic acids is 1. The van der Waals surface area contributed by atoms with Gasteiger partial charge in [0.25, 0.3) is 0 Å². The zero-order valence-electron chi connectivity index (χ0n) is 19.6. The maximum Gasteiger partial charge on any atom is 0.225 e. The van der Waals surface area contributed by atoms with Crippen molar-refractivity contribution in [3.63, 3.8) is 0 Å². The number of amides is 1. The Morgan fingerprint density at radius 3 is 2.06 bits per heavy atom. The molecule has 3 aromatic carbocycles. The minimum absolute atomic E-state index is 0.00351. The quantitative estimate of drug-likeness (QED) is 0.176. The summed E-state index contributed by atoms with van der Waals surface area (Å²) in [6.45, 7) is 0.732. The normalized spacial score (nSPS) is 11.1. The van der Waals surface area contributed by atoms with E-state index >= 15 is 0 Å². The SMILES string of the molecule is Nc1cccc(NC(=O)CCCCCCCCCOc2c3ccccc3cc3ccccc23)n1. The molecule has 4 rings (SSSR count). The van der Waals surface area contributed by atoms with Gasteiger partial charge in [0.05, 0.1) is 6.61 Å². The zero-order chi connectivity index (χ0) is 23.6. The molecule has 0 fully saturated rings. The molecule has 0 saturated heterocycles. The third-order valence-electron chi connectivity index (χ3n) is 6.05. The van der Waals surface area contributed by atoms with E-state index in [1.807, 2.05) is 0 Å². The van der Waals surface area contributed by atoms with Crippen LogP contribution in [0.2, 0.25) is 0 Å². The van der Waals surface area contributed by atoms with Gasteiger partial charge in [-0.3, -0.25) is 4.79 Å². The van der Waals surface area contributed by atoms with Crippen LogP contribution < -0.4 is 15.8 Å². The van der Waals surface area contributed by atoms with Crippen LogP contribution >= 0.6 is 0 Å². The summed E-state index contributed by atoms with van der Waals surface area (Å²) in [4.78, 5) is 16.1. The summed E-state index contributed by atoms with van der Waals surface area (Å²) in [5.41, 5.74) is 5.64. The molecule has 5 nitrogen and oxygen atoms in total. The smallest absolute Gasteiger partial charge is 0.225 e. The van der Waals surface area contributed by atoms with Gasteiger partial charge in [0.1, 0.15) is 17.4 Å². The van der Waals surface area contributed by atoms with Gasteiger partial charge in [0, 0.05) is 17.2 Å². The van der Waals surface area contributed by atoms with Crippen LogP contribution in [0.1, 0.15) is 51.4 Å². The number of fused-ring (bicyclic) bond motifs is 2. The Morgan fingerprint density at radius 1 is 0.765 bits per heavy atom. The zero-order valence-corrected chi connectivity index (χ0v) is 19.6. The number of pyridine rings is 1. The number of rotatable bonds is 12. The summed E-state index contributed by atoms with van der Waals surface area (Å²) in [7, 11) is 0. The second-order valence-corrected chi connectivity index (χ2v) is 8.72. The average molecular weight is 456 g/mol. The molecule has 3 N–H and O–H groups in total. The van der Waals surface area contributed by atoms with Crippen LogP contribution in [-0.4, -0.2) is 17.5 Å². The summed E-state index contributed by atoms with van der Waals surface area (Å²) in [5, 5.41) is 7.59. The van der Waals surface area contributed by atoms with Crippen LogP contribution in [0.25, 0.3) is 21.5 Å². The minimum Gasteiger partial charge on any atom is -0.492 e. The van der Waals surface area contributed by atoms with Gasteiger partial charge < -0.3 is 15.8 Å². The first-order chi connectivity index (χ1) is 16.7. The van der Waals surface area contributed by atoms with E-state index in [-0.39, 0.29) is 5.91 Å². The molecule has 0 saturated carbocycles. The summed E-state index contributed by atoms with van der Waals surface area (Å²) in [6.07, 6.45) is 8.22. The van der Waals surface area contributed by atoms with Crippen molar-refractivity contribution in [1.29, 1.82) is 0 Å². The van der Waals surface area contributed by atoms with E-state index in [1.165, 1.54) is 34.4 Å². The molecule has 1 heterocycles. The molecule has 0 unspecified atom stereocenters. The Balaban J connectivity index is 1.11. The molecule has 1 aromatic heterocycles. The molecule has 34 heavy (non-hydrogen) atoms. The maximum absolute atomic E-state index is 12.0. The molecule has 0 spiro atoms. The minimum atomic E-state index is -0.00351. The van der Waals surface area contributed by atoms with E-state index < -0.39 is 0 Å². The van der Waals surface area contributed by atoms with E-state index in [0.717, 1.165) is 44.5 Å². The van der Waals surface area contributed by atoms with Crippen LogP contribution in [-0.2, 0) is 4.79 Å². The fraction of sp³-hybridized carbons (Fsp3) is 0.310. The van der Waals surface area contributed by atoms with Crippen molar-refractivity contribution in [1.82, 2.24) is 4.98 Å². The predicted octanol–water partition coefficient (Wildman–Crippen LogP) is 7.11. The van der Waals surface area contributed by atoms with Crippen molar-refractivity contribution < 1.29 is 9.53 Å². The molecule has 4 aromatic rings. The van der Waals surface area contributed by atoms with Gasteiger partial charge in [-0.25, -0.2) is 4.98 Å². The number of anilines is 2. The number of hydrogen-bond donors (Lipinski definition) is 2. The van der Waals surface area contributed by atoms with Crippen molar-refractivity contribution in [2.45, 2.75) is 51.4 Å². The molecule has 0 aliphatic carbocycles. The third-order valence-corrected chi connectivity index (χ3v) is 6.05. The second kappa shape index (κ2) is 12.0. The molecular weight excluding hydrogens is 422 g/mol. The van der Waals surface area contributed by atoms with Crippen molar-refractivity contribution in [2.24, 2.45) is 0 Å². The lowest BCUT2D eigenvalue weighted by molar-refractivity contribution is -0.116. The molecule has 0 atom stereocenters. The summed E-state index contributed by atoms with van der Waals surface area (Å²) < 4.78 is 6.30. The Bertz CT molecular complexity index is 1180. The van der Waals surface area contributed by atoms with Crippen LogP contribution in [0, 0.1) is 0 Å². The number of nitrogen functional groups attached to an aromatic ring is 1. The molecule has 176 valence electrons. The summed E-state index contributed by atoms with van der Waals surface area (Å²) >= 11 is 0. The molecular formula is C29H33N3O2. The second-order valence-electron chi connectivity index (χ2n) is 8.72. The number of nitrogens with two attached hydrogens (primary N) is 1. The van der Waals surface area contributed by atoms with Gasteiger partial charge in [-0.1, -0.05) is 86.7 Å². The number of carbonyl (C=O) groups is 1. The monoisotopic (exact) mass is 455 g/mol. The third kappa shape index (κ3) is 6.47. The molecule has 0 aliphatic rings. The Kier molecular flexibility index (Phi) is 8.33. The highest BCUT2D eigenvalue weighted by Gasteiger charge is 2.08. The number of hydrogen-bond acceptors (Lipinski definition) is 4. The average Bonchev–Trinajstić information content (AvgIpc) is 2.84. The fourth-order valence-corrected chi connectivity index (χ4v) is 4.30. The predicted molar refractivity (Wildman–Crippen MR) is 141 cm³/mol. The maximum atomic E-state index is 12.0. The Hall–Kier alpha value is -3.60. The number of nitrogens with one attached hydrogen (secondary N) is 1. The van der Waals surface area contributed by atoms with Crippen LogP contribution in [0.5, 0.6) is 5.75 Å². The largest absolute Gasteiger partial charge is 0.492 e. The number of unbranched alkanes of at least 4 members (excludes halogenated alkanes) is 6. The fourth-order valence-electron chi connectivity index (χ4n) is 4.30. The van der Waals surface area contributed by atoms with Gasteiger partial charge in [0.15, 0.2) is 0 Å². The summed E-state index contributed by atoms with van der Waals surface area (Å²) in [5.74, 6) is 1.92. The molecule has 5 heteroatoms. The lowest BCUT2D eigenvalue weighted by Gasteiger charge is -2.13. The van der Waals surface area contributed by atoms with Crippen LogP contribution in [0.15, 0.2) is 72.8 Å². The number of benzene rings is 3. The van der Waals surface area contributed by atoms with Crippen molar-refractivity contribution >= 4 is 39.1 Å². The molecule has 0 radical (unpaired) electrons. The standard InChI is InChI=1S/C29H33N3O2/c30-26-17-12-18-27(31-26)32-28(33)19-6-4-2-1-3-5-11-20-34-29-24-15-9-7-13-22(24)21-23-14-8-10-16-25(23)29/h7-10,12-18,21H,1-6,11,19-20H2,(H3,30,31,32,33). The van der Waals surface area contributed by atoms with Gasteiger partial charge in [-0.15, -0.1) is 0 Å². The highest BCUT2D eigenvalue weighted by molar-refractivity contribution is 6.05. The molecule has 1 amide bonds. The van der Waals surface area contributed by atoms with Crippen LogP contribution in [0.4, 0.5) is 11.6 Å². The highest BCUT2D eigenvalue weighted by atomic mass is 16.5. The van der Waals surface area contributed by atoms with E-state index in [9.17, 15) is 4.79 Å². The van der Waals surface area contributed by atoms with Crippen molar-refractivity contribution in [3.8, 4) is 5.75 Å². The lowest BCUT2D eigenvalue weighted by atomic mass is 10.0. The lowest BCUT2D eigenvalue weighted by Crippen LogP contribution is -2.12. The number of nitrogens with zero attached hydrogens (tertiary/aromatic N) is 1. The van der Waals surface area contributed by atoms with Crippen molar-refractivity contribution in [2.75, 3.05) is 17.7 Å². The van der Waals surface area contributed by atoms with E-state index in [2.05, 4.69) is 64.9 Å². The van der Waals surface area contributed by atoms with E-state index in [0.29, 0.717) is 18.1 Å². The van der Waals surface area contributed by atoms with Gasteiger partial charge in [-0.2, -0.15) is 0 Å². The number of ether oxygens (including phenoxy) is 1. The first-order valence-electron chi connectivity index (χ1n) is 12.3. The van der Waals surface area contributed by atoms with Gasteiger partial charge in [-0.05, 0) is 41.8 Å². The molecule has 0 aliphatic heterocycles. The Morgan fingerprint density at radius 2 is 1.38 bits per heavy atom. The van der Waals surface area contributed by atoms with E-state index in [4.69, 9.17) is 10.5 Å². The van der Waals surface area contributed by atoms with Gasteiger partial charge >= 0.3 is 0 Å². The Labute approximate surface area is 201 Å². The van der Waals surface area contributed by atoms with Gasteiger partial charge in [0.2, 0.25) is 5.91 Å². The van der Waals surface area contributed by atoms with Crippen molar-refractivity contribution in [3.05, 3.63) is 72.8 Å². The highest BCUT2D eigenvalue weighted by Crippen LogP contribution is 2.34. The van der Waals surface area contributed by atoms with Crippen LogP contribution in [0.3, 0.4) is 0 Å². The number of aromatic nitrogens is 1. The first-order valence-corrected chi connectivity index (χ1v) is 12.3.